The molecule has 6 nitrogen and oxygen atoms in total. The lowest BCUT2D eigenvalue weighted by atomic mass is 10.1. The molecule has 0 bridgehead atoms. The van der Waals surface area contributed by atoms with Crippen molar-refractivity contribution in [2.24, 2.45) is 0 Å². The summed E-state index contributed by atoms with van der Waals surface area (Å²) in [5.41, 5.74) is 1.09. The van der Waals surface area contributed by atoms with Gasteiger partial charge in [0.15, 0.2) is 0 Å². The standard InChI is InChI=1S/C22H18Cl3N3O3/c23-16-9-8-15(11-17(16)24)28-21(30)18(25)19(22(28)31)26-14-7-3-4-12(10-14)20(29)27-13-5-1-2-6-13/h3-4,7-11,13,26H,1-2,5-6H2,(H,27,29). The lowest BCUT2D eigenvalue weighted by Gasteiger charge is -2.16. The highest BCUT2D eigenvalue weighted by Crippen LogP contribution is 2.33. The molecule has 1 saturated carbocycles. The van der Waals surface area contributed by atoms with Crippen LogP contribution in [0.25, 0.3) is 0 Å². The normalized spacial score (nSPS) is 16.9. The average Bonchev–Trinajstić information content (AvgIpc) is 3.33. The second-order valence-corrected chi connectivity index (χ2v) is 8.59. The first-order chi connectivity index (χ1) is 14.8. The summed E-state index contributed by atoms with van der Waals surface area (Å²) >= 11 is 18.1. The summed E-state index contributed by atoms with van der Waals surface area (Å²) in [5.74, 6) is -1.49. The number of carbonyl (C=O) groups excluding carboxylic acids is 3. The van der Waals surface area contributed by atoms with Crippen LogP contribution in [0.15, 0.2) is 53.2 Å². The Labute approximate surface area is 194 Å². The highest BCUT2D eigenvalue weighted by Gasteiger charge is 2.39. The SMILES string of the molecule is O=C(NC1CCCC1)c1cccc(NC2=C(Cl)C(=O)N(c3ccc(Cl)c(Cl)c3)C2=O)c1. The number of carbonyl (C=O) groups is 3. The van der Waals surface area contributed by atoms with Crippen molar-refractivity contribution in [3.8, 4) is 0 Å². The number of hydrogen-bond donors (Lipinski definition) is 2. The molecule has 160 valence electrons. The zero-order valence-electron chi connectivity index (χ0n) is 16.3. The summed E-state index contributed by atoms with van der Waals surface area (Å²) in [6, 6.07) is 11.3. The molecule has 2 aromatic carbocycles. The Morgan fingerprint density at radius 1 is 0.935 bits per heavy atom. The zero-order valence-corrected chi connectivity index (χ0v) is 18.5. The highest BCUT2D eigenvalue weighted by molar-refractivity contribution is 6.53. The van der Waals surface area contributed by atoms with Crippen LogP contribution in [0, 0.1) is 0 Å². The van der Waals surface area contributed by atoms with Crippen LogP contribution in [-0.4, -0.2) is 23.8 Å². The van der Waals surface area contributed by atoms with Crippen LogP contribution in [0.4, 0.5) is 11.4 Å². The Morgan fingerprint density at radius 3 is 2.39 bits per heavy atom. The van der Waals surface area contributed by atoms with E-state index >= 15 is 0 Å². The van der Waals surface area contributed by atoms with Crippen LogP contribution in [0.1, 0.15) is 36.0 Å². The maximum atomic E-state index is 12.9. The largest absolute Gasteiger partial charge is 0.350 e. The number of nitrogens with zero attached hydrogens (tertiary/aromatic N) is 1. The smallest absolute Gasteiger partial charge is 0.283 e. The van der Waals surface area contributed by atoms with Gasteiger partial charge in [-0.25, -0.2) is 4.90 Å². The number of amides is 3. The van der Waals surface area contributed by atoms with Crippen molar-refractivity contribution in [2.45, 2.75) is 31.7 Å². The molecule has 2 N–H and O–H groups in total. The van der Waals surface area contributed by atoms with Crippen LogP contribution in [0.2, 0.25) is 10.0 Å². The molecule has 1 aliphatic carbocycles. The molecule has 0 aromatic heterocycles. The fraction of sp³-hybridized carbons (Fsp3) is 0.227. The molecule has 0 radical (unpaired) electrons. The van der Waals surface area contributed by atoms with Gasteiger partial charge in [0.2, 0.25) is 0 Å². The van der Waals surface area contributed by atoms with E-state index in [9.17, 15) is 14.4 Å². The first-order valence-corrected chi connectivity index (χ1v) is 10.9. The molecule has 0 unspecified atom stereocenters. The molecule has 3 amide bonds. The number of anilines is 2. The number of hydrogen-bond acceptors (Lipinski definition) is 4. The van der Waals surface area contributed by atoms with Gasteiger partial charge < -0.3 is 10.6 Å². The number of nitrogens with one attached hydrogen (secondary N) is 2. The molecule has 1 fully saturated rings. The Balaban J connectivity index is 1.53. The fourth-order valence-electron chi connectivity index (χ4n) is 3.69. The monoisotopic (exact) mass is 477 g/mol. The third-order valence-corrected chi connectivity index (χ3v) is 6.36. The van der Waals surface area contributed by atoms with E-state index in [1.54, 1.807) is 24.3 Å². The molecule has 0 atom stereocenters. The number of rotatable bonds is 5. The number of imide groups is 1. The average molecular weight is 479 g/mol. The minimum absolute atomic E-state index is 0.0777. The first-order valence-electron chi connectivity index (χ1n) is 9.76. The molecular formula is C22H18Cl3N3O3. The van der Waals surface area contributed by atoms with Gasteiger partial charge in [0, 0.05) is 17.3 Å². The van der Waals surface area contributed by atoms with E-state index in [4.69, 9.17) is 34.8 Å². The zero-order chi connectivity index (χ0) is 22.1. The Morgan fingerprint density at radius 2 is 1.68 bits per heavy atom. The first kappa shape index (κ1) is 21.7. The van der Waals surface area contributed by atoms with Crippen molar-refractivity contribution < 1.29 is 14.4 Å². The maximum Gasteiger partial charge on any atom is 0.283 e. The summed E-state index contributed by atoms with van der Waals surface area (Å²) in [7, 11) is 0. The van der Waals surface area contributed by atoms with Crippen molar-refractivity contribution in [1.82, 2.24) is 5.32 Å². The molecular weight excluding hydrogens is 461 g/mol. The van der Waals surface area contributed by atoms with E-state index in [2.05, 4.69) is 10.6 Å². The predicted molar refractivity (Wildman–Crippen MR) is 122 cm³/mol. The third kappa shape index (κ3) is 4.42. The molecule has 0 saturated heterocycles. The lowest BCUT2D eigenvalue weighted by Crippen LogP contribution is -2.32. The molecule has 9 heteroatoms. The minimum Gasteiger partial charge on any atom is -0.350 e. The van der Waals surface area contributed by atoms with E-state index in [-0.39, 0.29) is 33.4 Å². The van der Waals surface area contributed by atoms with Gasteiger partial charge >= 0.3 is 0 Å². The van der Waals surface area contributed by atoms with E-state index in [0.717, 1.165) is 30.6 Å². The van der Waals surface area contributed by atoms with E-state index < -0.39 is 11.8 Å². The van der Waals surface area contributed by atoms with Crippen LogP contribution in [-0.2, 0) is 9.59 Å². The molecule has 31 heavy (non-hydrogen) atoms. The van der Waals surface area contributed by atoms with E-state index in [0.29, 0.717) is 16.3 Å². The van der Waals surface area contributed by atoms with Crippen molar-refractivity contribution >= 4 is 63.9 Å². The van der Waals surface area contributed by atoms with Crippen molar-refractivity contribution in [3.05, 3.63) is 68.8 Å². The highest BCUT2D eigenvalue weighted by atomic mass is 35.5. The van der Waals surface area contributed by atoms with Crippen LogP contribution < -0.4 is 15.5 Å². The molecule has 2 aliphatic rings. The van der Waals surface area contributed by atoms with Gasteiger partial charge in [-0.15, -0.1) is 0 Å². The minimum atomic E-state index is -0.678. The van der Waals surface area contributed by atoms with Gasteiger partial charge in [-0.1, -0.05) is 53.7 Å². The second-order valence-electron chi connectivity index (χ2n) is 7.39. The molecule has 0 spiro atoms. The summed E-state index contributed by atoms with van der Waals surface area (Å²) in [6.07, 6.45) is 4.19. The summed E-state index contributed by atoms with van der Waals surface area (Å²) in [6.45, 7) is 0. The fourth-order valence-corrected chi connectivity index (χ4v) is 4.20. The second kappa shape index (κ2) is 8.91. The topological polar surface area (TPSA) is 78.5 Å². The summed E-state index contributed by atoms with van der Waals surface area (Å²) < 4.78 is 0. The maximum absolute atomic E-state index is 12.9. The van der Waals surface area contributed by atoms with Gasteiger partial charge in [-0.05, 0) is 49.2 Å². The Bertz CT molecular complexity index is 1110. The molecule has 1 aliphatic heterocycles. The quantitative estimate of drug-likeness (QED) is 0.586. The summed E-state index contributed by atoms with van der Waals surface area (Å²) in [4.78, 5) is 39.0. The molecule has 1 heterocycles. The van der Waals surface area contributed by atoms with E-state index in [1.807, 2.05) is 0 Å². The van der Waals surface area contributed by atoms with Gasteiger partial charge in [0.05, 0.1) is 15.7 Å². The van der Waals surface area contributed by atoms with Gasteiger partial charge in [-0.2, -0.15) is 0 Å². The predicted octanol–water partition coefficient (Wildman–Crippen LogP) is 5.10. The van der Waals surface area contributed by atoms with Crippen LogP contribution >= 0.6 is 34.8 Å². The van der Waals surface area contributed by atoms with Gasteiger partial charge in [0.25, 0.3) is 17.7 Å². The molecule has 2 aromatic rings. The van der Waals surface area contributed by atoms with Crippen molar-refractivity contribution in [2.75, 3.05) is 10.2 Å². The lowest BCUT2D eigenvalue weighted by molar-refractivity contribution is -0.120. The van der Waals surface area contributed by atoms with Crippen LogP contribution in [0.3, 0.4) is 0 Å². The van der Waals surface area contributed by atoms with Gasteiger partial charge in [-0.3, -0.25) is 14.4 Å². The Hall–Kier alpha value is -2.54. The van der Waals surface area contributed by atoms with Crippen molar-refractivity contribution in [3.63, 3.8) is 0 Å². The van der Waals surface area contributed by atoms with E-state index in [1.165, 1.54) is 18.2 Å². The van der Waals surface area contributed by atoms with Gasteiger partial charge in [0.1, 0.15) is 10.7 Å². The summed E-state index contributed by atoms with van der Waals surface area (Å²) in [5, 5.41) is 6.16. The Kier molecular flexibility index (Phi) is 6.23. The number of halogens is 3. The van der Waals surface area contributed by atoms with Crippen LogP contribution in [0.5, 0.6) is 0 Å². The third-order valence-electron chi connectivity index (χ3n) is 5.27. The van der Waals surface area contributed by atoms with Crippen molar-refractivity contribution in [1.29, 1.82) is 0 Å². The number of benzene rings is 2. The molecule has 4 rings (SSSR count).